The van der Waals surface area contributed by atoms with E-state index in [1.807, 2.05) is 6.07 Å². The number of aliphatic hydroxyl groups is 1. The summed E-state index contributed by atoms with van der Waals surface area (Å²) in [6.07, 6.45) is 10.4. The lowest BCUT2D eigenvalue weighted by Gasteiger charge is -2.69. The number of halogens is 1. The van der Waals surface area contributed by atoms with Crippen molar-refractivity contribution in [1.29, 1.82) is 0 Å². The van der Waals surface area contributed by atoms with Crippen molar-refractivity contribution in [3.63, 3.8) is 0 Å². The summed E-state index contributed by atoms with van der Waals surface area (Å²) in [7, 11) is 0. The Morgan fingerprint density at radius 2 is 1.55 bits per heavy atom. The summed E-state index contributed by atoms with van der Waals surface area (Å²) >= 11 is 0. The molecule has 10 unspecified atom stereocenters. The Hall–Kier alpha value is -3.06. The largest absolute Gasteiger partial charge is 0.393 e. The Morgan fingerprint density at radius 1 is 0.804 bits per heavy atom. The minimum absolute atomic E-state index is 0.0385. The Kier molecular flexibility index (Phi) is 9.33. The lowest BCUT2D eigenvalue weighted by atomic mass is 9.36. The second-order valence-electron chi connectivity index (χ2n) is 18.5. The molecule has 5 aliphatic rings. The second-order valence-corrected chi connectivity index (χ2v) is 18.5. The molecule has 10 atom stereocenters. The first-order valence-corrected chi connectivity index (χ1v) is 19.7. The number of amides is 2. The first-order valence-electron chi connectivity index (χ1n) is 19.7. The third-order valence-electron chi connectivity index (χ3n) is 15.9. The summed E-state index contributed by atoms with van der Waals surface area (Å²) < 4.78 is 15.1. The highest BCUT2D eigenvalue weighted by Gasteiger charge is 2.67. The molecule has 6 nitrogen and oxygen atoms in total. The van der Waals surface area contributed by atoms with Crippen LogP contribution in [0.2, 0.25) is 0 Å². The van der Waals surface area contributed by atoms with Gasteiger partial charge in [-0.25, -0.2) is 4.39 Å². The fourth-order valence-corrected chi connectivity index (χ4v) is 13.4. The van der Waals surface area contributed by atoms with Crippen molar-refractivity contribution in [3.8, 4) is 0 Å². The average Bonchev–Trinajstić information content (AvgIpc) is 3.46. The van der Waals surface area contributed by atoms with Gasteiger partial charge in [-0.2, -0.15) is 0 Å². The van der Waals surface area contributed by atoms with E-state index in [1.54, 1.807) is 24.3 Å². The van der Waals surface area contributed by atoms with E-state index < -0.39 is 11.2 Å². The highest BCUT2D eigenvalue weighted by Crippen LogP contribution is 2.73. The van der Waals surface area contributed by atoms with Crippen LogP contribution in [0.1, 0.15) is 138 Å². The van der Waals surface area contributed by atoms with Crippen molar-refractivity contribution in [1.82, 2.24) is 10.6 Å². The molecule has 0 aromatic heterocycles. The monoisotopic (exact) mass is 698 g/mol. The number of benzene rings is 2. The zero-order chi connectivity index (χ0) is 36.5. The predicted octanol–water partition coefficient (Wildman–Crippen LogP) is 8.65. The van der Waals surface area contributed by atoms with Gasteiger partial charge in [0.05, 0.1) is 11.5 Å². The van der Waals surface area contributed by atoms with Gasteiger partial charge in [-0.15, -0.1) is 0 Å². The molecule has 5 aliphatic carbocycles. The van der Waals surface area contributed by atoms with Gasteiger partial charge in [0.25, 0.3) is 5.91 Å². The molecule has 2 amide bonds. The summed E-state index contributed by atoms with van der Waals surface area (Å²) in [4.78, 5) is 39.2. The zero-order valence-electron chi connectivity index (χ0n) is 31.6. The molecule has 0 radical (unpaired) electrons. The molecule has 5 fully saturated rings. The minimum atomic E-state index is -0.438. The van der Waals surface area contributed by atoms with E-state index in [2.05, 4.69) is 45.3 Å². The standard InChI is InChI=1S/C44H59FN2O4/c1-26-14-20-44(40(51)47-25-31-23-30(10-12-34(31)45)39(50)46-24-28-8-7-9-29(22-28)27(2)48)21-15-33-32(38(26)44)11-13-36-42(33,5)18-16-35-41(3,4)37(49)17-19-43(35,36)6/h7-10,12,22-23,26,32-33,35-38,49H,11,13-21,24-25H2,1-6H3,(H,46,50)(H,47,51). The maximum absolute atomic E-state index is 15.1. The first kappa shape index (κ1) is 36.3. The molecule has 0 spiro atoms. The van der Waals surface area contributed by atoms with Gasteiger partial charge in [-0.3, -0.25) is 14.4 Å². The molecule has 7 heteroatoms. The third-order valence-corrected chi connectivity index (χ3v) is 15.9. The second kappa shape index (κ2) is 13.1. The van der Waals surface area contributed by atoms with Gasteiger partial charge in [0.1, 0.15) is 5.82 Å². The van der Waals surface area contributed by atoms with Crippen molar-refractivity contribution in [3.05, 3.63) is 70.5 Å². The Morgan fingerprint density at radius 3 is 2.31 bits per heavy atom. The number of aliphatic hydroxyl groups excluding tert-OH is 1. The highest BCUT2D eigenvalue weighted by atomic mass is 19.1. The fourth-order valence-electron chi connectivity index (χ4n) is 13.4. The van der Waals surface area contributed by atoms with Crippen LogP contribution in [0.4, 0.5) is 4.39 Å². The van der Waals surface area contributed by atoms with Crippen LogP contribution in [0.3, 0.4) is 0 Å². The number of hydrogen-bond acceptors (Lipinski definition) is 4. The third kappa shape index (κ3) is 5.88. The van der Waals surface area contributed by atoms with Crippen molar-refractivity contribution in [2.45, 2.75) is 125 Å². The van der Waals surface area contributed by atoms with E-state index in [0.29, 0.717) is 52.2 Å². The molecule has 2 aromatic rings. The summed E-state index contributed by atoms with van der Waals surface area (Å²) in [5, 5.41) is 17.1. The van der Waals surface area contributed by atoms with Gasteiger partial charge >= 0.3 is 0 Å². The van der Waals surface area contributed by atoms with E-state index >= 15 is 4.39 Å². The van der Waals surface area contributed by atoms with Gasteiger partial charge in [0, 0.05) is 29.8 Å². The summed E-state index contributed by atoms with van der Waals surface area (Å²) in [6.45, 7) is 13.9. The van der Waals surface area contributed by atoms with Crippen LogP contribution in [0.15, 0.2) is 42.5 Å². The van der Waals surface area contributed by atoms with E-state index in [4.69, 9.17) is 0 Å². The van der Waals surface area contributed by atoms with Crippen LogP contribution in [0, 0.1) is 63.0 Å². The molecule has 0 heterocycles. The van der Waals surface area contributed by atoms with Crippen LogP contribution in [-0.4, -0.2) is 28.8 Å². The molecular formula is C44H59FN2O4. The number of hydrogen-bond donors (Lipinski definition) is 3. The van der Waals surface area contributed by atoms with Crippen molar-refractivity contribution in [2.24, 2.45) is 57.2 Å². The molecule has 0 bridgehead atoms. The first-order chi connectivity index (χ1) is 24.1. The maximum atomic E-state index is 15.1. The molecular weight excluding hydrogens is 639 g/mol. The number of carbonyl (C=O) groups excluding carboxylic acids is 3. The molecule has 0 saturated heterocycles. The van der Waals surface area contributed by atoms with Gasteiger partial charge < -0.3 is 15.7 Å². The average molecular weight is 699 g/mol. The number of rotatable bonds is 7. The highest BCUT2D eigenvalue weighted by molar-refractivity contribution is 5.95. The number of nitrogens with one attached hydrogen (secondary N) is 2. The van der Waals surface area contributed by atoms with Crippen molar-refractivity contribution >= 4 is 17.6 Å². The zero-order valence-corrected chi connectivity index (χ0v) is 31.6. The van der Waals surface area contributed by atoms with Crippen molar-refractivity contribution < 1.29 is 23.9 Å². The Bertz CT molecular complexity index is 1710. The summed E-state index contributed by atoms with van der Waals surface area (Å²) in [6, 6.07) is 11.5. The molecule has 51 heavy (non-hydrogen) atoms. The topological polar surface area (TPSA) is 95.5 Å². The van der Waals surface area contributed by atoms with Crippen LogP contribution in [0.25, 0.3) is 0 Å². The Labute approximate surface area is 304 Å². The summed E-state index contributed by atoms with van der Waals surface area (Å²) in [5.74, 6) is 2.35. The van der Waals surface area contributed by atoms with Gasteiger partial charge in [0.15, 0.2) is 5.78 Å². The van der Waals surface area contributed by atoms with E-state index in [1.165, 1.54) is 44.7 Å². The van der Waals surface area contributed by atoms with E-state index in [-0.39, 0.29) is 53.0 Å². The van der Waals surface area contributed by atoms with Crippen LogP contribution < -0.4 is 10.6 Å². The van der Waals surface area contributed by atoms with Crippen LogP contribution >= 0.6 is 0 Å². The fraction of sp³-hybridized carbons (Fsp3) is 0.659. The molecule has 2 aromatic carbocycles. The van der Waals surface area contributed by atoms with Gasteiger partial charge in [0.2, 0.25) is 5.91 Å². The number of fused-ring (bicyclic) bond motifs is 7. The van der Waals surface area contributed by atoms with E-state index in [0.717, 1.165) is 44.1 Å². The van der Waals surface area contributed by atoms with Gasteiger partial charge in [-0.05, 0) is 153 Å². The maximum Gasteiger partial charge on any atom is 0.251 e. The summed E-state index contributed by atoms with van der Waals surface area (Å²) in [5.41, 5.74) is 2.03. The predicted molar refractivity (Wildman–Crippen MR) is 197 cm³/mol. The SMILES string of the molecule is CC(=O)c1cccc(CNC(=O)c2ccc(F)c(CNC(=O)C34CCC(C)C3C3CCC5C(C)(CCC6C(C)(C)C(O)CCC65C)C3CC4)c2)c1. The molecule has 5 saturated carbocycles. The van der Waals surface area contributed by atoms with Gasteiger partial charge in [-0.1, -0.05) is 52.8 Å². The van der Waals surface area contributed by atoms with Crippen LogP contribution in [0.5, 0.6) is 0 Å². The number of carbonyl (C=O) groups is 3. The Balaban J connectivity index is 1.04. The minimum Gasteiger partial charge on any atom is -0.393 e. The molecule has 3 N–H and O–H groups in total. The van der Waals surface area contributed by atoms with Crippen LogP contribution in [-0.2, 0) is 17.9 Å². The lowest BCUT2D eigenvalue weighted by molar-refractivity contribution is -0.216. The normalized spacial score (nSPS) is 38.0. The molecule has 0 aliphatic heterocycles. The van der Waals surface area contributed by atoms with Crippen molar-refractivity contribution in [2.75, 3.05) is 0 Å². The van der Waals surface area contributed by atoms with E-state index in [9.17, 15) is 19.5 Å². The lowest BCUT2D eigenvalue weighted by Crippen LogP contribution is -2.64. The quantitative estimate of drug-likeness (QED) is 0.252. The number of ketones is 1. The number of Topliss-reactive ketones (excluding diaryl/α,β-unsaturated/α-hetero) is 1. The molecule has 7 rings (SSSR count). The smallest absolute Gasteiger partial charge is 0.251 e. The molecule has 276 valence electrons.